The summed E-state index contributed by atoms with van der Waals surface area (Å²) in [6, 6.07) is 15.4. The fraction of sp³-hybridized carbons (Fsp3) is 0.500. The molecular weight excluding hydrogens is 550 g/mol. The van der Waals surface area contributed by atoms with Gasteiger partial charge in [0.25, 0.3) is 0 Å². The van der Waals surface area contributed by atoms with E-state index in [1.54, 1.807) is 41.5 Å². The van der Waals surface area contributed by atoms with Crippen molar-refractivity contribution in [2.75, 3.05) is 6.61 Å². The summed E-state index contributed by atoms with van der Waals surface area (Å²) in [4.78, 5) is 58.4. The van der Waals surface area contributed by atoms with Gasteiger partial charge in [-0.15, -0.1) is 0 Å². The van der Waals surface area contributed by atoms with E-state index in [0.717, 1.165) is 22.3 Å². The molecule has 0 bridgehead atoms. The van der Waals surface area contributed by atoms with Crippen molar-refractivity contribution in [1.29, 1.82) is 0 Å². The van der Waals surface area contributed by atoms with Crippen LogP contribution in [-0.4, -0.2) is 53.3 Å². The van der Waals surface area contributed by atoms with E-state index < -0.39 is 41.1 Å². The van der Waals surface area contributed by atoms with Crippen LogP contribution in [0, 0.1) is 5.92 Å². The van der Waals surface area contributed by atoms with Crippen LogP contribution in [-0.2, 0) is 38.2 Å². The van der Waals surface area contributed by atoms with E-state index in [-0.39, 0.29) is 43.4 Å². The zero-order valence-electron chi connectivity index (χ0n) is 26.5. The Balaban J connectivity index is 0.000000420. The molecule has 9 nitrogen and oxygen atoms in total. The van der Waals surface area contributed by atoms with Crippen LogP contribution < -0.4 is 5.73 Å². The molecule has 234 valence electrons. The van der Waals surface area contributed by atoms with Crippen molar-refractivity contribution in [2.45, 2.75) is 97.8 Å². The van der Waals surface area contributed by atoms with E-state index in [4.69, 9.17) is 19.9 Å². The van der Waals surface area contributed by atoms with Gasteiger partial charge in [-0.25, -0.2) is 0 Å². The molecule has 0 amide bonds. The minimum absolute atomic E-state index is 0.0366. The van der Waals surface area contributed by atoms with Crippen molar-refractivity contribution in [1.82, 2.24) is 0 Å². The lowest BCUT2D eigenvalue weighted by atomic mass is 9.97. The largest absolute Gasteiger partial charge is 0.465 e. The first-order chi connectivity index (χ1) is 19.9. The molecule has 2 aromatic carbocycles. The Bertz CT molecular complexity index is 1270. The van der Waals surface area contributed by atoms with Gasteiger partial charge in [-0.2, -0.15) is 0 Å². The standard InChI is InChI=1S/C25H28O5.C9H17NO3/c1-16(26)13-17(24(28)30-25(2,3)4)14-23(27)29-15-22-20-11-7-5-9-18(20)19-10-6-8-12-21(19)22;1-6(11)5-7(10)8(12)13-9(2,3)4/h5-12,17,22H,13-15H2,1-4H3;7H,5,10H2,1-4H3. The van der Waals surface area contributed by atoms with Gasteiger partial charge in [-0.3, -0.25) is 19.2 Å². The van der Waals surface area contributed by atoms with Crippen LogP contribution in [0.5, 0.6) is 0 Å². The molecule has 1 aliphatic carbocycles. The van der Waals surface area contributed by atoms with Gasteiger partial charge in [0, 0.05) is 18.8 Å². The van der Waals surface area contributed by atoms with Gasteiger partial charge < -0.3 is 24.7 Å². The second-order valence-electron chi connectivity index (χ2n) is 12.8. The van der Waals surface area contributed by atoms with E-state index in [1.807, 2.05) is 36.4 Å². The van der Waals surface area contributed by atoms with Crippen molar-refractivity contribution < 1.29 is 38.2 Å². The molecule has 0 fully saturated rings. The number of fused-ring (bicyclic) bond motifs is 3. The highest BCUT2D eigenvalue weighted by Gasteiger charge is 2.32. The summed E-state index contributed by atoms with van der Waals surface area (Å²) in [7, 11) is 0. The molecule has 2 atom stereocenters. The molecule has 2 N–H and O–H groups in total. The summed E-state index contributed by atoms with van der Waals surface area (Å²) in [5.74, 6) is -2.75. The van der Waals surface area contributed by atoms with Crippen LogP contribution in [0.4, 0.5) is 0 Å². The van der Waals surface area contributed by atoms with Crippen LogP contribution >= 0.6 is 0 Å². The Morgan fingerprint density at radius 3 is 1.58 bits per heavy atom. The number of esters is 3. The quantitative estimate of drug-likeness (QED) is 0.286. The Labute approximate surface area is 254 Å². The predicted octanol–water partition coefficient (Wildman–Crippen LogP) is 5.30. The maximum Gasteiger partial charge on any atom is 0.323 e. The number of Topliss-reactive ketones (excluding diaryl/α,β-unsaturated/α-hetero) is 2. The van der Waals surface area contributed by atoms with Crippen molar-refractivity contribution in [3.63, 3.8) is 0 Å². The van der Waals surface area contributed by atoms with Crippen LogP contribution in [0.25, 0.3) is 11.1 Å². The summed E-state index contributed by atoms with van der Waals surface area (Å²) < 4.78 is 15.9. The first-order valence-corrected chi connectivity index (χ1v) is 14.4. The molecular formula is C34H45NO8. The normalized spacial score (nSPS) is 13.8. The summed E-state index contributed by atoms with van der Waals surface area (Å²) in [5.41, 5.74) is 8.74. The maximum atomic E-state index is 12.5. The molecule has 0 heterocycles. The summed E-state index contributed by atoms with van der Waals surface area (Å²) >= 11 is 0. The average Bonchev–Trinajstić information content (AvgIpc) is 3.18. The van der Waals surface area contributed by atoms with Crippen LogP contribution in [0.15, 0.2) is 48.5 Å². The average molecular weight is 596 g/mol. The highest BCUT2D eigenvalue weighted by atomic mass is 16.6. The number of ketones is 2. The monoisotopic (exact) mass is 595 g/mol. The molecule has 43 heavy (non-hydrogen) atoms. The van der Waals surface area contributed by atoms with Crippen molar-refractivity contribution in [3.8, 4) is 11.1 Å². The number of hydrogen-bond donors (Lipinski definition) is 1. The zero-order valence-corrected chi connectivity index (χ0v) is 26.5. The van der Waals surface area contributed by atoms with Crippen molar-refractivity contribution in [3.05, 3.63) is 59.7 Å². The molecule has 1 aliphatic rings. The van der Waals surface area contributed by atoms with E-state index in [2.05, 4.69) is 12.1 Å². The van der Waals surface area contributed by atoms with E-state index >= 15 is 0 Å². The van der Waals surface area contributed by atoms with Crippen molar-refractivity contribution in [2.24, 2.45) is 11.7 Å². The maximum absolute atomic E-state index is 12.5. The van der Waals surface area contributed by atoms with E-state index in [0.29, 0.717) is 0 Å². The number of nitrogens with two attached hydrogens (primary N) is 1. The van der Waals surface area contributed by atoms with Gasteiger partial charge in [0.15, 0.2) is 0 Å². The second-order valence-corrected chi connectivity index (χ2v) is 12.8. The van der Waals surface area contributed by atoms with Gasteiger partial charge >= 0.3 is 17.9 Å². The Morgan fingerprint density at radius 1 is 0.698 bits per heavy atom. The number of hydrogen-bond acceptors (Lipinski definition) is 9. The predicted molar refractivity (Wildman–Crippen MR) is 163 cm³/mol. The third-order valence-corrected chi connectivity index (χ3v) is 6.28. The lowest BCUT2D eigenvalue weighted by Gasteiger charge is -2.23. The van der Waals surface area contributed by atoms with Crippen LogP contribution in [0.1, 0.15) is 91.7 Å². The topological polar surface area (TPSA) is 139 Å². The molecule has 9 heteroatoms. The van der Waals surface area contributed by atoms with Gasteiger partial charge in [-0.05, 0) is 77.6 Å². The summed E-state index contributed by atoms with van der Waals surface area (Å²) in [6.45, 7) is 13.5. The van der Waals surface area contributed by atoms with E-state index in [1.165, 1.54) is 13.8 Å². The fourth-order valence-corrected chi connectivity index (χ4v) is 4.62. The number of benzene rings is 2. The van der Waals surface area contributed by atoms with Gasteiger partial charge in [0.2, 0.25) is 0 Å². The van der Waals surface area contributed by atoms with Gasteiger partial charge in [-0.1, -0.05) is 48.5 Å². The van der Waals surface area contributed by atoms with Crippen molar-refractivity contribution >= 4 is 29.5 Å². The Morgan fingerprint density at radius 2 is 1.14 bits per heavy atom. The molecule has 0 aliphatic heterocycles. The molecule has 0 aromatic heterocycles. The minimum atomic E-state index is -0.836. The molecule has 2 unspecified atom stereocenters. The Hall–Kier alpha value is -3.85. The number of carbonyl (C=O) groups excluding carboxylic acids is 5. The number of carbonyl (C=O) groups is 5. The molecule has 2 aromatic rings. The lowest BCUT2D eigenvalue weighted by molar-refractivity contribution is -0.164. The summed E-state index contributed by atoms with van der Waals surface area (Å²) in [5, 5.41) is 0. The van der Waals surface area contributed by atoms with Crippen LogP contribution in [0.2, 0.25) is 0 Å². The van der Waals surface area contributed by atoms with Gasteiger partial charge in [0.1, 0.15) is 35.4 Å². The minimum Gasteiger partial charge on any atom is -0.465 e. The highest BCUT2D eigenvalue weighted by Crippen LogP contribution is 2.44. The SMILES string of the molecule is CC(=O)CC(CC(=O)OCC1c2ccccc2-c2ccccc21)C(=O)OC(C)(C)C.CC(=O)CC(N)C(=O)OC(C)(C)C. The van der Waals surface area contributed by atoms with E-state index in [9.17, 15) is 24.0 Å². The third-order valence-electron chi connectivity index (χ3n) is 6.28. The highest BCUT2D eigenvalue weighted by molar-refractivity contribution is 5.87. The Kier molecular flexibility index (Phi) is 12.4. The molecule has 0 saturated heterocycles. The zero-order chi connectivity index (χ0) is 32.5. The third kappa shape index (κ3) is 11.7. The molecule has 0 spiro atoms. The van der Waals surface area contributed by atoms with Crippen LogP contribution in [0.3, 0.4) is 0 Å². The lowest BCUT2D eigenvalue weighted by Crippen LogP contribution is -2.38. The fourth-order valence-electron chi connectivity index (χ4n) is 4.62. The number of ether oxygens (including phenoxy) is 3. The molecule has 3 rings (SSSR count). The molecule has 0 radical (unpaired) electrons. The molecule has 0 saturated carbocycles. The second kappa shape index (κ2) is 15.0. The first-order valence-electron chi connectivity index (χ1n) is 14.4. The number of rotatable bonds is 10. The summed E-state index contributed by atoms with van der Waals surface area (Å²) in [6.07, 6.45) is -0.182. The smallest absolute Gasteiger partial charge is 0.323 e. The van der Waals surface area contributed by atoms with Gasteiger partial charge in [0.05, 0.1) is 12.3 Å². The first kappa shape index (κ1) is 35.3.